The summed E-state index contributed by atoms with van der Waals surface area (Å²) in [6.45, 7) is 4.78. The van der Waals surface area contributed by atoms with E-state index < -0.39 is 18.0 Å². The molecule has 0 bridgehead atoms. The van der Waals surface area contributed by atoms with E-state index in [0.29, 0.717) is 0 Å². The van der Waals surface area contributed by atoms with E-state index in [4.69, 9.17) is 14.6 Å². The molecule has 1 aliphatic rings. The van der Waals surface area contributed by atoms with Crippen molar-refractivity contribution >= 4 is 18.0 Å². The number of hydrogen-bond acceptors (Lipinski definition) is 5. The van der Waals surface area contributed by atoms with Crippen molar-refractivity contribution in [1.29, 1.82) is 0 Å². The summed E-state index contributed by atoms with van der Waals surface area (Å²) in [5, 5.41) is 14.1. The van der Waals surface area contributed by atoms with Crippen molar-refractivity contribution in [3.63, 3.8) is 0 Å². The standard InChI is InChI=1S/C26H32N2O6/c1-17(2)22(25(31)27-12-14-33-13-11-24(29)30)15-28-26(32)34-16-23-20-9-5-3-7-18(20)19-8-4-6-10-21(19)23/h3-10,17,22-23H,11-16H2,1-2H3,(H,27,31)(H,28,32)(H,29,30). The second-order valence-electron chi connectivity index (χ2n) is 8.60. The van der Waals surface area contributed by atoms with Crippen LogP contribution in [0.2, 0.25) is 0 Å². The number of amides is 2. The highest BCUT2D eigenvalue weighted by Gasteiger charge is 2.29. The third kappa shape index (κ3) is 6.57. The second-order valence-corrected chi connectivity index (χ2v) is 8.60. The number of carboxylic acid groups (broad SMARTS) is 1. The summed E-state index contributed by atoms with van der Waals surface area (Å²) in [5.74, 6) is -1.58. The number of alkyl carbamates (subject to hydrolysis) is 1. The van der Waals surface area contributed by atoms with Gasteiger partial charge in [0.25, 0.3) is 0 Å². The molecular weight excluding hydrogens is 436 g/mol. The van der Waals surface area contributed by atoms with Gasteiger partial charge in [0.1, 0.15) is 6.61 Å². The lowest BCUT2D eigenvalue weighted by molar-refractivity contribution is -0.138. The topological polar surface area (TPSA) is 114 Å². The second kappa shape index (κ2) is 12.2. The molecule has 0 aromatic heterocycles. The average Bonchev–Trinajstić information content (AvgIpc) is 3.13. The Kier molecular flexibility index (Phi) is 9.04. The number of aliphatic carboxylic acids is 1. The van der Waals surface area contributed by atoms with Crippen molar-refractivity contribution in [2.24, 2.45) is 11.8 Å². The zero-order valence-corrected chi connectivity index (χ0v) is 19.6. The summed E-state index contributed by atoms with van der Waals surface area (Å²) < 4.78 is 10.7. The van der Waals surface area contributed by atoms with Crippen LogP contribution >= 0.6 is 0 Å². The van der Waals surface area contributed by atoms with E-state index in [1.807, 2.05) is 38.1 Å². The molecule has 0 heterocycles. The molecule has 1 aliphatic carbocycles. The Bertz CT molecular complexity index is 961. The molecule has 2 aromatic rings. The molecule has 3 rings (SSSR count). The number of fused-ring (bicyclic) bond motifs is 3. The van der Waals surface area contributed by atoms with Gasteiger partial charge >= 0.3 is 12.1 Å². The number of carbonyl (C=O) groups is 3. The van der Waals surface area contributed by atoms with Gasteiger partial charge < -0.3 is 25.2 Å². The SMILES string of the molecule is CC(C)C(CNC(=O)OCC1c2ccccc2-c2ccccc21)C(=O)NCCOCCC(=O)O. The zero-order chi connectivity index (χ0) is 24.5. The highest BCUT2D eigenvalue weighted by molar-refractivity contribution is 5.80. The summed E-state index contributed by atoms with van der Waals surface area (Å²) in [6.07, 6.45) is -0.635. The van der Waals surface area contributed by atoms with E-state index in [0.717, 1.165) is 22.3 Å². The fraction of sp³-hybridized carbons (Fsp3) is 0.423. The molecule has 8 nitrogen and oxygen atoms in total. The molecular formula is C26H32N2O6. The van der Waals surface area contributed by atoms with Crippen LogP contribution in [0.4, 0.5) is 4.79 Å². The van der Waals surface area contributed by atoms with Crippen LogP contribution < -0.4 is 10.6 Å². The molecule has 0 saturated heterocycles. The molecule has 0 radical (unpaired) electrons. The highest BCUT2D eigenvalue weighted by atomic mass is 16.5. The normalized spacial score (nSPS) is 13.1. The molecule has 2 aromatic carbocycles. The van der Waals surface area contributed by atoms with E-state index in [-0.39, 0.29) is 57.1 Å². The summed E-state index contributed by atoms with van der Waals surface area (Å²) in [4.78, 5) is 35.4. The maximum atomic E-state index is 12.5. The molecule has 182 valence electrons. The van der Waals surface area contributed by atoms with E-state index in [1.165, 1.54) is 0 Å². The molecule has 0 spiro atoms. The number of ether oxygens (including phenoxy) is 2. The van der Waals surface area contributed by atoms with Crippen LogP contribution in [0.1, 0.15) is 37.3 Å². The zero-order valence-electron chi connectivity index (χ0n) is 19.6. The third-order valence-electron chi connectivity index (χ3n) is 5.96. The third-order valence-corrected chi connectivity index (χ3v) is 5.96. The van der Waals surface area contributed by atoms with Gasteiger partial charge in [-0.3, -0.25) is 9.59 Å². The van der Waals surface area contributed by atoms with Gasteiger partial charge in [0.05, 0.1) is 25.6 Å². The Morgan fingerprint density at radius 3 is 2.15 bits per heavy atom. The fourth-order valence-corrected chi connectivity index (χ4v) is 4.11. The Labute approximate surface area is 199 Å². The van der Waals surface area contributed by atoms with Gasteiger partial charge in [-0.1, -0.05) is 62.4 Å². The van der Waals surface area contributed by atoms with E-state index in [1.54, 1.807) is 0 Å². The average molecular weight is 469 g/mol. The predicted molar refractivity (Wildman–Crippen MR) is 127 cm³/mol. The number of carboxylic acids is 1. The molecule has 1 atom stereocenters. The van der Waals surface area contributed by atoms with Crippen LogP contribution in [0.15, 0.2) is 48.5 Å². The van der Waals surface area contributed by atoms with Crippen molar-refractivity contribution in [2.75, 3.05) is 32.9 Å². The first-order chi connectivity index (χ1) is 16.4. The van der Waals surface area contributed by atoms with Crippen LogP contribution in [0.3, 0.4) is 0 Å². The highest BCUT2D eigenvalue weighted by Crippen LogP contribution is 2.44. The van der Waals surface area contributed by atoms with Gasteiger partial charge in [-0.05, 0) is 28.2 Å². The van der Waals surface area contributed by atoms with E-state index in [2.05, 4.69) is 34.9 Å². The Morgan fingerprint density at radius 2 is 1.56 bits per heavy atom. The number of rotatable bonds is 12. The maximum Gasteiger partial charge on any atom is 0.407 e. The van der Waals surface area contributed by atoms with Gasteiger partial charge in [0, 0.05) is 19.0 Å². The first-order valence-electron chi connectivity index (χ1n) is 11.5. The largest absolute Gasteiger partial charge is 0.481 e. The molecule has 34 heavy (non-hydrogen) atoms. The molecule has 2 amide bonds. The monoisotopic (exact) mass is 468 g/mol. The Hall–Kier alpha value is -3.39. The van der Waals surface area contributed by atoms with Crippen molar-refractivity contribution in [3.8, 4) is 11.1 Å². The molecule has 3 N–H and O–H groups in total. The summed E-state index contributed by atoms with van der Waals surface area (Å²) >= 11 is 0. The molecule has 0 fully saturated rings. The number of benzene rings is 2. The van der Waals surface area contributed by atoms with Gasteiger partial charge in [0.2, 0.25) is 5.91 Å². The number of carbonyl (C=O) groups excluding carboxylic acids is 2. The van der Waals surface area contributed by atoms with Crippen molar-refractivity contribution in [1.82, 2.24) is 10.6 Å². The van der Waals surface area contributed by atoms with Crippen LogP contribution in [0.5, 0.6) is 0 Å². The van der Waals surface area contributed by atoms with Gasteiger partial charge in [0.15, 0.2) is 0 Å². The summed E-state index contributed by atoms with van der Waals surface area (Å²) in [6, 6.07) is 16.3. The van der Waals surface area contributed by atoms with Crippen LogP contribution in [-0.2, 0) is 19.1 Å². The van der Waals surface area contributed by atoms with Crippen LogP contribution in [0, 0.1) is 11.8 Å². The minimum Gasteiger partial charge on any atom is -0.481 e. The molecule has 8 heteroatoms. The predicted octanol–water partition coefficient (Wildman–Crippen LogP) is 3.40. The fourth-order valence-electron chi connectivity index (χ4n) is 4.11. The van der Waals surface area contributed by atoms with E-state index in [9.17, 15) is 14.4 Å². The Morgan fingerprint density at radius 1 is 0.941 bits per heavy atom. The number of nitrogens with one attached hydrogen (secondary N) is 2. The summed E-state index contributed by atoms with van der Waals surface area (Å²) in [7, 11) is 0. The van der Waals surface area contributed by atoms with Crippen molar-refractivity contribution < 1.29 is 29.0 Å². The Balaban J connectivity index is 1.46. The van der Waals surface area contributed by atoms with Gasteiger partial charge in [-0.15, -0.1) is 0 Å². The van der Waals surface area contributed by atoms with Crippen LogP contribution in [0.25, 0.3) is 11.1 Å². The molecule has 0 saturated carbocycles. The molecule has 0 aliphatic heterocycles. The van der Waals surface area contributed by atoms with Crippen molar-refractivity contribution in [2.45, 2.75) is 26.2 Å². The minimum absolute atomic E-state index is 0.00168. The quantitative estimate of drug-likeness (QED) is 0.412. The lowest BCUT2D eigenvalue weighted by Gasteiger charge is -2.21. The minimum atomic E-state index is -0.928. The van der Waals surface area contributed by atoms with Crippen molar-refractivity contribution in [3.05, 3.63) is 59.7 Å². The first-order valence-corrected chi connectivity index (χ1v) is 11.5. The number of hydrogen-bond donors (Lipinski definition) is 3. The smallest absolute Gasteiger partial charge is 0.407 e. The van der Waals surface area contributed by atoms with Crippen LogP contribution in [-0.4, -0.2) is 56.0 Å². The lowest BCUT2D eigenvalue weighted by Crippen LogP contribution is -2.42. The lowest BCUT2D eigenvalue weighted by atomic mass is 9.95. The maximum absolute atomic E-state index is 12.5. The van der Waals surface area contributed by atoms with Gasteiger partial charge in [-0.2, -0.15) is 0 Å². The van der Waals surface area contributed by atoms with Gasteiger partial charge in [-0.25, -0.2) is 4.79 Å². The first kappa shape index (κ1) is 25.2. The van der Waals surface area contributed by atoms with E-state index >= 15 is 0 Å². The summed E-state index contributed by atoms with van der Waals surface area (Å²) in [5.41, 5.74) is 4.61. The molecule has 1 unspecified atom stereocenters.